The van der Waals surface area contributed by atoms with Crippen LogP contribution in [0, 0.1) is 6.92 Å². The van der Waals surface area contributed by atoms with Gasteiger partial charge in [-0.2, -0.15) is 10.2 Å². The summed E-state index contributed by atoms with van der Waals surface area (Å²) in [5.74, 6) is 0.298. The van der Waals surface area contributed by atoms with Crippen LogP contribution in [0.1, 0.15) is 16.1 Å². The first-order chi connectivity index (χ1) is 12.1. The van der Waals surface area contributed by atoms with Gasteiger partial charge in [-0.05, 0) is 35.0 Å². The molecule has 0 bridgehead atoms. The molecule has 124 valence electrons. The molecule has 0 atom stereocenters. The number of anilines is 1. The fourth-order valence-electron chi connectivity index (χ4n) is 2.55. The number of nitrogens with one attached hydrogen (secondary N) is 1. The van der Waals surface area contributed by atoms with Gasteiger partial charge in [0, 0.05) is 18.5 Å². The molecular formula is C17H13BrN6O. The topological polar surface area (TPSA) is 77.1 Å². The molecule has 7 nitrogen and oxygen atoms in total. The summed E-state index contributed by atoms with van der Waals surface area (Å²) in [4.78, 5) is 17.0. The van der Waals surface area contributed by atoms with Gasteiger partial charge >= 0.3 is 0 Å². The average Bonchev–Trinajstić information content (AvgIpc) is 3.18. The summed E-state index contributed by atoms with van der Waals surface area (Å²) in [5.41, 5.74) is 2.56. The predicted molar refractivity (Wildman–Crippen MR) is 96.9 cm³/mol. The Labute approximate surface area is 151 Å². The van der Waals surface area contributed by atoms with Gasteiger partial charge in [0.05, 0.1) is 22.1 Å². The summed E-state index contributed by atoms with van der Waals surface area (Å²) < 4.78 is 4.04. The minimum atomic E-state index is -0.290. The lowest BCUT2D eigenvalue weighted by Gasteiger charge is -2.08. The third-order valence-corrected chi connectivity index (χ3v) is 4.05. The summed E-state index contributed by atoms with van der Waals surface area (Å²) in [5, 5.41) is 11.5. The predicted octanol–water partition coefficient (Wildman–Crippen LogP) is 3.24. The number of carbonyl (C=O) groups is 1. The molecule has 1 amide bonds. The maximum Gasteiger partial charge on any atom is 0.262 e. The molecule has 4 aromatic rings. The molecule has 0 radical (unpaired) electrons. The molecule has 0 aliphatic rings. The Bertz CT molecular complexity index is 1070. The molecule has 3 heterocycles. The van der Waals surface area contributed by atoms with Gasteiger partial charge in [0.2, 0.25) is 0 Å². The Morgan fingerprint density at radius 3 is 2.80 bits per heavy atom. The molecule has 0 aliphatic carbocycles. The summed E-state index contributed by atoms with van der Waals surface area (Å²) in [6.45, 7) is 1.88. The first-order valence-electron chi connectivity index (χ1n) is 7.54. The van der Waals surface area contributed by atoms with Crippen LogP contribution >= 0.6 is 15.9 Å². The molecular weight excluding hydrogens is 384 g/mol. The van der Waals surface area contributed by atoms with Gasteiger partial charge in [-0.15, -0.1) is 0 Å². The Balaban J connectivity index is 1.69. The minimum Gasteiger partial charge on any atom is -0.306 e. The molecule has 1 N–H and O–H groups in total. The molecule has 1 aromatic carbocycles. The third-order valence-electron chi connectivity index (χ3n) is 3.64. The number of para-hydroxylation sites is 1. The van der Waals surface area contributed by atoms with E-state index in [0.29, 0.717) is 17.0 Å². The number of fused-ring (bicyclic) bond motifs is 1. The van der Waals surface area contributed by atoms with Crippen molar-refractivity contribution in [1.29, 1.82) is 0 Å². The Morgan fingerprint density at radius 1 is 1.20 bits per heavy atom. The number of carbonyl (C=O) groups excluding carboxylic acids is 1. The van der Waals surface area contributed by atoms with Gasteiger partial charge in [-0.25, -0.2) is 14.2 Å². The van der Waals surface area contributed by atoms with Crippen LogP contribution in [0.4, 0.5) is 5.82 Å². The number of hydrogen-bond donors (Lipinski definition) is 1. The van der Waals surface area contributed by atoms with E-state index in [1.807, 2.05) is 43.3 Å². The molecule has 25 heavy (non-hydrogen) atoms. The zero-order chi connectivity index (χ0) is 17.4. The Morgan fingerprint density at radius 2 is 2.00 bits per heavy atom. The second-order valence-electron chi connectivity index (χ2n) is 5.47. The smallest absolute Gasteiger partial charge is 0.262 e. The Hall–Kier alpha value is -3.00. The third kappa shape index (κ3) is 2.91. The lowest BCUT2D eigenvalue weighted by atomic mass is 10.3. The van der Waals surface area contributed by atoms with Gasteiger partial charge in [0.25, 0.3) is 5.91 Å². The molecule has 0 aliphatic heterocycles. The van der Waals surface area contributed by atoms with E-state index in [-0.39, 0.29) is 5.91 Å². The van der Waals surface area contributed by atoms with Crippen LogP contribution in [0.5, 0.6) is 0 Å². The lowest BCUT2D eigenvalue weighted by molar-refractivity contribution is 0.102. The SMILES string of the molecule is Cc1cc(NC(=O)c2cnn3cc(Br)cnc23)n(-c2ccccc2)n1. The van der Waals surface area contributed by atoms with E-state index in [9.17, 15) is 4.79 Å². The largest absolute Gasteiger partial charge is 0.306 e. The van der Waals surface area contributed by atoms with E-state index in [0.717, 1.165) is 15.9 Å². The number of nitrogens with zero attached hydrogens (tertiary/aromatic N) is 5. The first-order valence-corrected chi connectivity index (χ1v) is 8.33. The highest BCUT2D eigenvalue weighted by Crippen LogP contribution is 2.19. The molecule has 0 saturated carbocycles. The number of amides is 1. The first kappa shape index (κ1) is 15.5. The highest BCUT2D eigenvalue weighted by Gasteiger charge is 2.17. The second-order valence-corrected chi connectivity index (χ2v) is 6.39. The van der Waals surface area contributed by atoms with Crippen molar-refractivity contribution in [1.82, 2.24) is 24.4 Å². The standard InChI is InChI=1S/C17H13BrN6O/c1-11-7-15(24(22-11)13-5-3-2-4-6-13)21-17(25)14-9-20-23-10-12(18)8-19-16(14)23/h2-10H,1H3,(H,21,25). The number of aryl methyl sites for hydroxylation is 1. The molecule has 0 fully saturated rings. The van der Waals surface area contributed by atoms with Crippen LogP contribution in [-0.4, -0.2) is 30.3 Å². The fourth-order valence-corrected chi connectivity index (χ4v) is 2.85. The average molecular weight is 397 g/mol. The van der Waals surface area contributed by atoms with Crippen LogP contribution in [0.2, 0.25) is 0 Å². The molecule has 4 rings (SSSR count). The fraction of sp³-hybridized carbons (Fsp3) is 0.0588. The Kier molecular flexibility index (Phi) is 3.81. The van der Waals surface area contributed by atoms with Crippen LogP contribution in [0.25, 0.3) is 11.3 Å². The van der Waals surface area contributed by atoms with Crippen molar-refractivity contribution in [2.45, 2.75) is 6.92 Å². The number of benzene rings is 1. The van der Waals surface area contributed by atoms with E-state index in [2.05, 4.69) is 36.4 Å². The lowest BCUT2D eigenvalue weighted by Crippen LogP contribution is -2.15. The second kappa shape index (κ2) is 6.14. The monoisotopic (exact) mass is 396 g/mol. The summed E-state index contributed by atoms with van der Waals surface area (Å²) in [6.07, 6.45) is 4.88. The van der Waals surface area contributed by atoms with Crippen LogP contribution in [-0.2, 0) is 0 Å². The van der Waals surface area contributed by atoms with Crippen LogP contribution in [0.15, 0.2) is 59.5 Å². The van der Waals surface area contributed by atoms with E-state index >= 15 is 0 Å². The van der Waals surface area contributed by atoms with Crippen molar-refractivity contribution in [3.63, 3.8) is 0 Å². The van der Waals surface area contributed by atoms with Crippen LogP contribution < -0.4 is 5.32 Å². The number of rotatable bonds is 3. The van der Waals surface area contributed by atoms with Crippen molar-refractivity contribution in [2.75, 3.05) is 5.32 Å². The summed E-state index contributed by atoms with van der Waals surface area (Å²) in [7, 11) is 0. The van der Waals surface area contributed by atoms with Gasteiger partial charge in [-0.3, -0.25) is 4.79 Å². The van der Waals surface area contributed by atoms with Gasteiger partial charge in [0.1, 0.15) is 11.4 Å². The van der Waals surface area contributed by atoms with Crippen molar-refractivity contribution in [3.8, 4) is 5.69 Å². The highest BCUT2D eigenvalue weighted by molar-refractivity contribution is 9.10. The van der Waals surface area contributed by atoms with Crippen molar-refractivity contribution < 1.29 is 4.79 Å². The van der Waals surface area contributed by atoms with Crippen molar-refractivity contribution in [2.24, 2.45) is 0 Å². The minimum absolute atomic E-state index is 0.290. The summed E-state index contributed by atoms with van der Waals surface area (Å²) >= 11 is 3.34. The molecule has 0 spiro atoms. The van der Waals surface area contributed by atoms with E-state index in [1.165, 1.54) is 6.20 Å². The number of aromatic nitrogens is 5. The number of halogens is 1. The summed E-state index contributed by atoms with van der Waals surface area (Å²) in [6, 6.07) is 11.4. The maximum absolute atomic E-state index is 12.7. The molecule has 0 unspecified atom stereocenters. The van der Waals surface area contributed by atoms with Gasteiger partial charge < -0.3 is 5.32 Å². The zero-order valence-electron chi connectivity index (χ0n) is 13.2. The maximum atomic E-state index is 12.7. The quantitative estimate of drug-likeness (QED) is 0.576. The number of hydrogen-bond acceptors (Lipinski definition) is 4. The van der Waals surface area contributed by atoms with Crippen LogP contribution in [0.3, 0.4) is 0 Å². The highest BCUT2D eigenvalue weighted by atomic mass is 79.9. The van der Waals surface area contributed by atoms with Crippen molar-refractivity contribution >= 4 is 33.3 Å². The van der Waals surface area contributed by atoms with Crippen molar-refractivity contribution in [3.05, 3.63) is 70.7 Å². The molecule has 3 aromatic heterocycles. The zero-order valence-corrected chi connectivity index (χ0v) is 14.8. The van der Waals surface area contributed by atoms with E-state index < -0.39 is 0 Å². The molecule has 8 heteroatoms. The normalized spacial score (nSPS) is 11.0. The van der Waals surface area contributed by atoms with Gasteiger partial charge in [-0.1, -0.05) is 18.2 Å². The van der Waals surface area contributed by atoms with Gasteiger partial charge in [0.15, 0.2) is 5.65 Å². The van der Waals surface area contributed by atoms with E-state index in [4.69, 9.17) is 0 Å². The molecule has 0 saturated heterocycles. The van der Waals surface area contributed by atoms with E-state index in [1.54, 1.807) is 21.6 Å².